The zero-order chi connectivity index (χ0) is 45.4. The topological polar surface area (TPSA) is 21.3 Å². The highest BCUT2D eigenvalue weighted by molar-refractivity contribution is 6.26. The molecule has 69 heavy (non-hydrogen) atoms. The first kappa shape index (κ1) is 39.0. The van der Waals surface area contributed by atoms with Crippen LogP contribution in [0.5, 0.6) is 0 Å². The first-order chi connectivity index (χ1) is 34.2. The summed E-state index contributed by atoms with van der Waals surface area (Å²) in [6, 6.07) is 92.5. The first-order valence-electron chi connectivity index (χ1n) is 23.7. The molecule has 0 N–H and O–H groups in total. The van der Waals surface area contributed by atoms with Crippen molar-refractivity contribution in [3.8, 4) is 39.1 Å². The summed E-state index contributed by atoms with van der Waals surface area (Å²) in [7, 11) is 0. The molecule has 0 bridgehead atoms. The van der Waals surface area contributed by atoms with Crippen LogP contribution in [-0.2, 0) is 0 Å². The molecule has 0 saturated heterocycles. The highest BCUT2D eigenvalue weighted by Crippen LogP contribution is 2.44. The standard InChI is InChI=1S/C66H42N2O/c1-2-20-54-52(18-1)53-19-3-4-21-55(53)61-42-49(39-40-56(54)61)67(47-35-31-43(32-36-47)45-15-13-16-46(41-45)51-25-14-26-60-59-24-8-12-30-65(59)69-66(51)60)48-37-33-44(34-38-48)50-17-5-9-27-62(50)68-63-28-10-6-22-57(63)58-23-7-11-29-64(58)68/h1-42H. The summed E-state index contributed by atoms with van der Waals surface area (Å²) >= 11 is 0. The van der Waals surface area contributed by atoms with E-state index in [1.54, 1.807) is 0 Å². The maximum atomic E-state index is 6.46. The molecule has 0 aliphatic rings. The lowest BCUT2D eigenvalue weighted by Crippen LogP contribution is -2.10. The van der Waals surface area contributed by atoms with Gasteiger partial charge in [0.05, 0.1) is 16.7 Å². The highest BCUT2D eigenvalue weighted by Gasteiger charge is 2.19. The van der Waals surface area contributed by atoms with Gasteiger partial charge in [0.1, 0.15) is 11.2 Å². The number of rotatable bonds is 7. The van der Waals surface area contributed by atoms with Crippen LogP contribution in [0.15, 0.2) is 259 Å². The summed E-state index contributed by atoms with van der Waals surface area (Å²) in [5.41, 5.74) is 15.4. The van der Waals surface area contributed by atoms with Crippen LogP contribution in [0.1, 0.15) is 0 Å². The lowest BCUT2D eigenvalue weighted by Gasteiger charge is -2.27. The number of benzene rings is 12. The molecule has 3 heteroatoms. The van der Waals surface area contributed by atoms with Gasteiger partial charge in [-0.3, -0.25) is 0 Å². The van der Waals surface area contributed by atoms with Gasteiger partial charge in [-0.15, -0.1) is 0 Å². The van der Waals surface area contributed by atoms with E-state index in [2.05, 4.69) is 252 Å². The summed E-state index contributed by atoms with van der Waals surface area (Å²) in [5, 5.41) is 12.3. The fourth-order valence-electron chi connectivity index (χ4n) is 11.0. The summed E-state index contributed by atoms with van der Waals surface area (Å²) in [6.07, 6.45) is 0. The van der Waals surface area contributed by atoms with Crippen molar-refractivity contribution in [3.63, 3.8) is 0 Å². The number of fused-ring (bicyclic) bond motifs is 12. The minimum atomic E-state index is 0.906. The number of nitrogens with zero attached hydrogens (tertiary/aromatic N) is 2. The molecule has 12 aromatic carbocycles. The van der Waals surface area contributed by atoms with Gasteiger partial charge in [-0.2, -0.15) is 0 Å². The number of para-hydroxylation sites is 5. The third kappa shape index (κ3) is 6.29. The maximum Gasteiger partial charge on any atom is 0.143 e. The van der Waals surface area contributed by atoms with E-state index in [1.807, 2.05) is 12.1 Å². The SMILES string of the molecule is c1cc(-c2ccc(N(c3ccc(-c4ccccc4-n4c5ccccc5c5ccccc54)cc3)c3ccc4c5ccccc5c5ccccc5c4c3)cc2)cc(-c2cccc3c2oc2ccccc23)c1. The van der Waals surface area contributed by atoms with Gasteiger partial charge < -0.3 is 13.9 Å². The Balaban J connectivity index is 0.894. The molecule has 0 aliphatic heterocycles. The Bertz CT molecular complexity index is 4220. The molecule has 14 rings (SSSR count). The minimum absolute atomic E-state index is 0.906. The zero-order valence-corrected chi connectivity index (χ0v) is 37.6. The van der Waals surface area contributed by atoms with Crippen molar-refractivity contribution >= 4 is 93.1 Å². The minimum Gasteiger partial charge on any atom is -0.455 e. The van der Waals surface area contributed by atoms with Gasteiger partial charge in [-0.05, 0) is 121 Å². The van der Waals surface area contributed by atoms with Crippen molar-refractivity contribution in [3.05, 3.63) is 255 Å². The molecule has 0 atom stereocenters. The molecule has 0 amide bonds. The summed E-state index contributed by atoms with van der Waals surface area (Å²) in [6.45, 7) is 0. The van der Waals surface area contributed by atoms with Gasteiger partial charge in [0.15, 0.2) is 0 Å². The first-order valence-corrected chi connectivity index (χ1v) is 23.7. The molecular weight excluding hydrogens is 837 g/mol. The summed E-state index contributed by atoms with van der Waals surface area (Å²) in [4.78, 5) is 2.40. The lowest BCUT2D eigenvalue weighted by molar-refractivity contribution is 0.670. The normalized spacial score (nSPS) is 11.8. The van der Waals surface area contributed by atoms with Gasteiger partial charge in [0, 0.05) is 49.7 Å². The molecule has 3 nitrogen and oxygen atoms in total. The molecule has 322 valence electrons. The Hall–Kier alpha value is -9.18. The van der Waals surface area contributed by atoms with Crippen LogP contribution < -0.4 is 4.90 Å². The van der Waals surface area contributed by atoms with E-state index in [9.17, 15) is 0 Å². The quantitative estimate of drug-likeness (QED) is 0.149. The molecule has 14 aromatic rings. The van der Waals surface area contributed by atoms with Crippen LogP contribution in [0, 0.1) is 0 Å². The van der Waals surface area contributed by atoms with Crippen LogP contribution in [0.25, 0.3) is 115 Å². The molecule has 2 heterocycles. The van der Waals surface area contributed by atoms with E-state index >= 15 is 0 Å². The molecular formula is C66H42N2O. The second-order valence-corrected chi connectivity index (χ2v) is 18.0. The second kappa shape index (κ2) is 15.7. The van der Waals surface area contributed by atoms with Crippen molar-refractivity contribution in [1.82, 2.24) is 4.57 Å². The van der Waals surface area contributed by atoms with Crippen LogP contribution in [0.2, 0.25) is 0 Å². The molecule has 0 unspecified atom stereocenters. The molecule has 2 aromatic heterocycles. The van der Waals surface area contributed by atoms with E-state index in [-0.39, 0.29) is 0 Å². The average Bonchev–Trinajstić information content (AvgIpc) is 3.98. The number of anilines is 3. The van der Waals surface area contributed by atoms with Crippen LogP contribution in [0.4, 0.5) is 17.1 Å². The number of aromatic nitrogens is 1. The van der Waals surface area contributed by atoms with Crippen LogP contribution in [0.3, 0.4) is 0 Å². The maximum absolute atomic E-state index is 6.46. The van der Waals surface area contributed by atoms with Crippen LogP contribution in [-0.4, -0.2) is 4.57 Å². The molecule has 0 fully saturated rings. The van der Waals surface area contributed by atoms with E-state index in [4.69, 9.17) is 4.42 Å². The Morgan fingerprint density at radius 2 is 0.754 bits per heavy atom. The molecule has 0 radical (unpaired) electrons. The third-order valence-electron chi connectivity index (χ3n) is 14.2. The highest BCUT2D eigenvalue weighted by atomic mass is 16.3. The third-order valence-corrected chi connectivity index (χ3v) is 14.2. The molecule has 0 spiro atoms. The second-order valence-electron chi connectivity index (χ2n) is 18.0. The van der Waals surface area contributed by atoms with Crippen molar-refractivity contribution < 1.29 is 4.42 Å². The van der Waals surface area contributed by atoms with Crippen molar-refractivity contribution in [2.45, 2.75) is 0 Å². The Morgan fingerprint density at radius 3 is 1.43 bits per heavy atom. The van der Waals surface area contributed by atoms with Crippen molar-refractivity contribution in [2.24, 2.45) is 0 Å². The van der Waals surface area contributed by atoms with Gasteiger partial charge in [0.25, 0.3) is 0 Å². The van der Waals surface area contributed by atoms with Gasteiger partial charge in [-0.25, -0.2) is 0 Å². The fourth-order valence-corrected chi connectivity index (χ4v) is 11.0. The predicted octanol–water partition coefficient (Wildman–Crippen LogP) is 18.6. The monoisotopic (exact) mass is 878 g/mol. The summed E-state index contributed by atoms with van der Waals surface area (Å²) < 4.78 is 8.88. The number of hydrogen-bond acceptors (Lipinski definition) is 2. The van der Waals surface area contributed by atoms with Gasteiger partial charge >= 0.3 is 0 Å². The smallest absolute Gasteiger partial charge is 0.143 e. The van der Waals surface area contributed by atoms with E-state index < -0.39 is 0 Å². The summed E-state index contributed by atoms with van der Waals surface area (Å²) in [5.74, 6) is 0. The zero-order valence-electron chi connectivity index (χ0n) is 37.6. The van der Waals surface area contributed by atoms with Gasteiger partial charge in [-0.1, -0.05) is 188 Å². The van der Waals surface area contributed by atoms with Crippen LogP contribution >= 0.6 is 0 Å². The Kier molecular flexibility index (Phi) is 8.90. The van der Waals surface area contributed by atoms with E-state index in [0.29, 0.717) is 0 Å². The predicted molar refractivity (Wildman–Crippen MR) is 292 cm³/mol. The Labute approximate surface area is 399 Å². The largest absolute Gasteiger partial charge is 0.455 e. The van der Waals surface area contributed by atoms with E-state index in [0.717, 1.165) is 72.5 Å². The van der Waals surface area contributed by atoms with Crippen molar-refractivity contribution in [1.29, 1.82) is 0 Å². The molecule has 0 saturated carbocycles. The lowest BCUT2D eigenvalue weighted by atomic mass is 9.94. The Morgan fingerprint density at radius 1 is 0.275 bits per heavy atom. The average molecular weight is 879 g/mol. The molecule has 0 aliphatic carbocycles. The van der Waals surface area contributed by atoms with Gasteiger partial charge in [0.2, 0.25) is 0 Å². The fraction of sp³-hybridized carbons (Fsp3) is 0. The number of hydrogen-bond donors (Lipinski definition) is 0. The number of furan rings is 1. The van der Waals surface area contributed by atoms with E-state index in [1.165, 1.54) is 59.7 Å². The van der Waals surface area contributed by atoms with Crippen molar-refractivity contribution in [2.75, 3.05) is 4.90 Å².